The largest absolute Gasteiger partial charge is 0.391 e. The zero-order valence-corrected chi connectivity index (χ0v) is 11.6. The van der Waals surface area contributed by atoms with Gasteiger partial charge in [0.05, 0.1) is 5.92 Å². The van der Waals surface area contributed by atoms with Crippen molar-refractivity contribution in [3.05, 3.63) is 71.8 Å². The lowest BCUT2D eigenvalue weighted by Gasteiger charge is -2.32. The molecule has 21 heavy (non-hydrogen) atoms. The highest BCUT2D eigenvalue weighted by Gasteiger charge is 2.43. The van der Waals surface area contributed by atoms with E-state index in [2.05, 4.69) is 0 Å². The summed E-state index contributed by atoms with van der Waals surface area (Å²) in [4.78, 5) is 0. The molecular weight excluding hydrogens is 277 g/mol. The number of hydrogen-bond acceptors (Lipinski definition) is 1. The van der Waals surface area contributed by atoms with E-state index < -0.39 is 24.1 Å². The third-order valence-electron chi connectivity index (χ3n) is 3.66. The van der Waals surface area contributed by atoms with Crippen LogP contribution in [0.25, 0.3) is 0 Å². The van der Waals surface area contributed by atoms with Gasteiger partial charge in [-0.15, -0.1) is 0 Å². The highest BCUT2D eigenvalue weighted by atomic mass is 19.4. The molecule has 1 atom stereocenters. The third-order valence-corrected chi connectivity index (χ3v) is 3.66. The molecule has 112 valence electrons. The second-order valence-corrected chi connectivity index (χ2v) is 5.24. The second-order valence-electron chi connectivity index (χ2n) is 5.24. The highest BCUT2D eigenvalue weighted by Crippen LogP contribution is 2.40. The van der Waals surface area contributed by atoms with Gasteiger partial charge in [0, 0.05) is 0 Å². The van der Waals surface area contributed by atoms with Crippen LogP contribution in [0.1, 0.15) is 24.5 Å². The smallest absolute Gasteiger partial charge is 0.380 e. The van der Waals surface area contributed by atoms with E-state index in [4.69, 9.17) is 0 Å². The molecule has 0 radical (unpaired) electrons. The minimum Gasteiger partial charge on any atom is -0.380 e. The SMILES string of the molecule is CC(CC(O)(c1ccccc1)c1ccccc1)C(F)(F)F. The lowest BCUT2D eigenvalue weighted by molar-refractivity contribution is -0.181. The van der Waals surface area contributed by atoms with Crippen LogP contribution in [0.2, 0.25) is 0 Å². The van der Waals surface area contributed by atoms with Crippen molar-refractivity contribution in [3.8, 4) is 0 Å². The van der Waals surface area contributed by atoms with E-state index in [9.17, 15) is 18.3 Å². The lowest BCUT2D eigenvalue weighted by Crippen LogP contribution is -2.34. The van der Waals surface area contributed by atoms with Gasteiger partial charge >= 0.3 is 6.18 Å². The molecule has 0 heterocycles. The third kappa shape index (κ3) is 3.45. The Morgan fingerprint density at radius 3 is 1.57 bits per heavy atom. The van der Waals surface area contributed by atoms with Crippen LogP contribution < -0.4 is 0 Å². The van der Waals surface area contributed by atoms with Crippen molar-refractivity contribution >= 4 is 0 Å². The number of aliphatic hydroxyl groups is 1. The second kappa shape index (κ2) is 5.90. The molecule has 1 N–H and O–H groups in total. The van der Waals surface area contributed by atoms with Gasteiger partial charge in [-0.2, -0.15) is 13.2 Å². The van der Waals surface area contributed by atoms with E-state index in [1.807, 2.05) is 0 Å². The molecule has 0 aliphatic carbocycles. The Morgan fingerprint density at radius 2 is 1.24 bits per heavy atom. The molecule has 0 aliphatic rings. The Balaban J connectivity index is 2.45. The molecule has 0 saturated carbocycles. The number of halogens is 3. The quantitative estimate of drug-likeness (QED) is 0.879. The van der Waals surface area contributed by atoms with E-state index in [1.54, 1.807) is 60.7 Å². The Kier molecular flexibility index (Phi) is 4.37. The molecule has 0 aliphatic heterocycles. The first-order chi connectivity index (χ1) is 9.84. The average molecular weight is 294 g/mol. The van der Waals surface area contributed by atoms with Crippen molar-refractivity contribution in [2.24, 2.45) is 5.92 Å². The average Bonchev–Trinajstić information content (AvgIpc) is 2.48. The van der Waals surface area contributed by atoms with Gasteiger partial charge in [0.2, 0.25) is 0 Å². The Morgan fingerprint density at radius 1 is 0.857 bits per heavy atom. The lowest BCUT2D eigenvalue weighted by atomic mass is 9.79. The van der Waals surface area contributed by atoms with Crippen molar-refractivity contribution in [3.63, 3.8) is 0 Å². The molecule has 0 aromatic heterocycles. The predicted molar refractivity (Wildman–Crippen MR) is 75.7 cm³/mol. The van der Waals surface area contributed by atoms with E-state index in [0.29, 0.717) is 11.1 Å². The van der Waals surface area contributed by atoms with E-state index in [1.165, 1.54) is 0 Å². The molecule has 1 unspecified atom stereocenters. The van der Waals surface area contributed by atoms with Crippen LogP contribution >= 0.6 is 0 Å². The maximum atomic E-state index is 12.9. The first kappa shape index (κ1) is 15.6. The first-order valence-electron chi connectivity index (χ1n) is 6.74. The zero-order chi connectivity index (χ0) is 15.5. The summed E-state index contributed by atoms with van der Waals surface area (Å²) in [7, 11) is 0. The van der Waals surface area contributed by atoms with Crippen LogP contribution in [0.15, 0.2) is 60.7 Å². The van der Waals surface area contributed by atoms with Crippen molar-refractivity contribution in [2.75, 3.05) is 0 Å². The van der Waals surface area contributed by atoms with Gasteiger partial charge in [-0.3, -0.25) is 0 Å². The zero-order valence-electron chi connectivity index (χ0n) is 11.6. The van der Waals surface area contributed by atoms with Gasteiger partial charge in [-0.25, -0.2) is 0 Å². The van der Waals surface area contributed by atoms with E-state index in [-0.39, 0.29) is 0 Å². The van der Waals surface area contributed by atoms with Gasteiger partial charge in [-0.05, 0) is 17.5 Å². The summed E-state index contributed by atoms with van der Waals surface area (Å²) >= 11 is 0. The maximum Gasteiger partial charge on any atom is 0.391 e. The summed E-state index contributed by atoms with van der Waals surface area (Å²) in [5.74, 6) is -1.61. The molecule has 1 nitrogen and oxygen atoms in total. The summed E-state index contributed by atoms with van der Waals surface area (Å²) in [6.07, 6.45) is -4.75. The molecule has 0 fully saturated rings. The molecule has 0 spiro atoms. The maximum absolute atomic E-state index is 12.9. The number of alkyl halides is 3. The van der Waals surface area contributed by atoms with Crippen LogP contribution in [0.3, 0.4) is 0 Å². The molecule has 0 bridgehead atoms. The molecule has 2 rings (SSSR count). The summed E-state index contributed by atoms with van der Waals surface area (Å²) in [5.41, 5.74) is -0.725. The van der Waals surface area contributed by atoms with Crippen LogP contribution in [0, 0.1) is 5.92 Å². The number of benzene rings is 2. The van der Waals surface area contributed by atoms with Gasteiger partial charge in [-0.1, -0.05) is 67.6 Å². The molecule has 0 amide bonds. The minimum absolute atomic E-state index is 0.412. The molecule has 4 heteroatoms. The molecular formula is C17H17F3O. The Labute approximate surface area is 122 Å². The Hall–Kier alpha value is -1.81. The van der Waals surface area contributed by atoms with Gasteiger partial charge in [0.25, 0.3) is 0 Å². The van der Waals surface area contributed by atoms with Gasteiger partial charge in [0.15, 0.2) is 0 Å². The summed E-state index contributed by atoms with van der Waals surface area (Å²) in [5, 5.41) is 11.0. The van der Waals surface area contributed by atoms with E-state index in [0.717, 1.165) is 6.92 Å². The number of hydrogen-bond donors (Lipinski definition) is 1. The van der Waals surface area contributed by atoms with Crippen LogP contribution in [0.5, 0.6) is 0 Å². The summed E-state index contributed by atoms with van der Waals surface area (Å²) in [6.45, 7) is 1.09. The van der Waals surface area contributed by atoms with E-state index >= 15 is 0 Å². The topological polar surface area (TPSA) is 20.2 Å². The van der Waals surface area contributed by atoms with Crippen LogP contribution in [-0.4, -0.2) is 11.3 Å². The van der Waals surface area contributed by atoms with Gasteiger partial charge < -0.3 is 5.11 Å². The molecule has 2 aromatic rings. The minimum atomic E-state index is -4.34. The normalized spacial score (nSPS) is 14.0. The van der Waals surface area contributed by atoms with Gasteiger partial charge in [0.1, 0.15) is 5.60 Å². The first-order valence-corrected chi connectivity index (χ1v) is 6.74. The molecule has 2 aromatic carbocycles. The summed E-state index contributed by atoms with van der Waals surface area (Å²) in [6, 6.07) is 17.0. The number of rotatable bonds is 4. The highest BCUT2D eigenvalue weighted by molar-refractivity contribution is 5.35. The van der Waals surface area contributed by atoms with Crippen molar-refractivity contribution in [1.82, 2.24) is 0 Å². The fourth-order valence-corrected chi connectivity index (χ4v) is 2.39. The fourth-order valence-electron chi connectivity index (χ4n) is 2.39. The van der Waals surface area contributed by atoms with Crippen molar-refractivity contribution < 1.29 is 18.3 Å². The summed E-state index contributed by atoms with van der Waals surface area (Å²) < 4.78 is 38.7. The van der Waals surface area contributed by atoms with Crippen molar-refractivity contribution in [2.45, 2.75) is 25.1 Å². The van der Waals surface area contributed by atoms with Crippen LogP contribution in [-0.2, 0) is 5.60 Å². The Bertz CT molecular complexity index is 524. The monoisotopic (exact) mass is 294 g/mol. The fraction of sp³-hybridized carbons (Fsp3) is 0.294. The molecule has 0 saturated heterocycles. The predicted octanol–water partition coefficient (Wildman–Crippen LogP) is 4.51. The van der Waals surface area contributed by atoms with Crippen LogP contribution in [0.4, 0.5) is 13.2 Å². The standard InChI is InChI=1S/C17H17F3O/c1-13(17(18,19)20)12-16(21,14-8-4-2-5-9-14)15-10-6-3-7-11-15/h2-11,13,21H,12H2,1H3. The van der Waals surface area contributed by atoms with Crippen molar-refractivity contribution in [1.29, 1.82) is 0 Å².